The van der Waals surface area contributed by atoms with E-state index in [0.29, 0.717) is 5.56 Å². The molecule has 0 amide bonds. The zero-order valence-corrected chi connectivity index (χ0v) is 16.2. The van der Waals surface area contributed by atoms with Gasteiger partial charge in [-0.25, -0.2) is 4.39 Å². The van der Waals surface area contributed by atoms with E-state index in [-0.39, 0.29) is 5.69 Å². The van der Waals surface area contributed by atoms with Gasteiger partial charge in [0.15, 0.2) is 0 Å². The number of nitro groups is 1. The van der Waals surface area contributed by atoms with E-state index in [1.807, 2.05) is 19.1 Å². The normalized spacial score (nSPS) is 10.3. The van der Waals surface area contributed by atoms with Crippen LogP contribution in [0.3, 0.4) is 0 Å². The SMILES string of the molecule is CCCCO[Si](C)C.Cc1ccccc1-c1ccc(F)cc1[N+](=O)[O-]. The molecule has 0 aliphatic carbocycles. The molecule has 0 saturated carbocycles. The number of nitro benzene ring substituents is 1. The molecule has 6 heteroatoms. The van der Waals surface area contributed by atoms with E-state index in [2.05, 4.69) is 20.0 Å². The molecule has 0 N–H and O–H groups in total. The first-order chi connectivity index (χ1) is 11.9. The summed E-state index contributed by atoms with van der Waals surface area (Å²) in [6.45, 7) is 9.35. The molecular formula is C19H25FNO3Si. The van der Waals surface area contributed by atoms with Gasteiger partial charge < -0.3 is 4.43 Å². The first-order valence-electron chi connectivity index (χ1n) is 8.29. The van der Waals surface area contributed by atoms with E-state index in [9.17, 15) is 14.5 Å². The highest BCUT2D eigenvalue weighted by atomic mass is 28.3. The Hall–Kier alpha value is -2.05. The summed E-state index contributed by atoms with van der Waals surface area (Å²) in [4.78, 5) is 10.3. The Kier molecular flexibility index (Phi) is 9.02. The Balaban J connectivity index is 0.000000333. The molecule has 1 radical (unpaired) electrons. The average Bonchev–Trinajstić information content (AvgIpc) is 2.56. The lowest BCUT2D eigenvalue weighted by molar-refractivity contribution is -0.384. The van der Waals surface area contributed by atoms with Gasteiger partial charge in [0, 0.05) is 6.61 Å². The Bertz CT molecular complexity index is 692. The highest BCUT2D eigenvalue weighted by Crippen LogP contribution is 2.32. The molecule has 4 nitrogen and oxygen atoms in total. The zero-order chi connectivity index (χ0) is 18.8. The summed E-state index contributed by atoms with van der Waals surface area (Å²) in [5, 5.41) is 10.9. The van der Waals surface area contributed by atoms with E-state index in [0.717, 1.165) is 23.8 Å². The average molecular weight is 362 g/mol. The highest BCUT2D eigenvalue weighted by Gasteiger charge is 2.17. The van der Waals surface area contributed by atoms with Crippen molar-refractivity contribution < 1.29 is 13.7 Å². The molecule has 0 saturated heterocycles. The van der Waals surface area contributed by atoms with E-state index in [1.165, 1.54) is 25.0 Å². The maximum atomic E-state index is 13.0. The number of benzene rings is 2. The van der Waals surface area contributed by atoms with Crippen LogP contribution in [0.4, 0.5) is 10.1 Å². The lowest BCUT2D eigenvalue weighted by Crippen LogP contribution is -2.07. The van der Waals surface area contributed by atoms with Gasteiger partial charge in [-0.05, 0) is 49.7 Å². The van der Waals surface area contributed by atoms with Gasteiger partial charge in [-0.1, -0.05) is 37.6 Å². The van der Waals surface area contributed by atoms with Crippen LogP contribution in [0.25, 0.3) is 11.1 Å². The predicted molar refractivity (Wildman–Crippen MR) is 102 cm³/mol. The van der Waals surface area contributed by atoms with Gasteiger partial charge in [0.2, 0.25) is 9.04 Å². The second kappa shape index (κ2) is 10.7. The van der Waals surface area contributed by atoms with E-state index >= 15 is 0 Å². The fraction of sp³-hybridized carbons (Fsp3) is 0.368. The number of aryl methyl sites for hydroxylation is 1. The van der Waals surface area contributed by atoms with E-state index < -0.39 is 19.8 Å². The molecule has 2 rings (SSSR count). The van der Waals surface area contributed by atoms with Crippen LogP contribution in [0.15, 0.2) is 42.5 Å². The molecule has 2 aromatic carbocycles. The van der Waals surface area contributed by atoms with E-state index in [4.69, 9.17) is 4.43 Å². The summed E-state index contributed by atoms with van der Waals surface area (Å²) in [6.07, 6.45) is 2.46. The first-order valence-corrected chi connectivity index (χ1v) is 10.7. The Labute approximate surface area is 150 Å². The third-order valence-corrected chi connectivity index (χ3v) is 4.26. The van der Waals surface area contributed by atoms with Crippen molar-refractivity contribution in [1.29, 1.82) is 0 Å². The van der Waals surface area contributed by atoms with Gasteiger partial charge in [-0.3, -0.25) is 10.1 Å². The molecule has 0 aromatic heterocycles. The molecule has 0 bridgehead atoms. The molecule has 135 valence electrons. The largest absolute Gasteiger partial charge is 0.417 e. The van der Waals surface area contributed by atoms with Crippen LogP contribution in [0.1, 0.15) is 25.3 Å². The fourth-order valence-electron chi connectivity index (χ4n) is 2.18. The van der Waals surface area contributed by atoms with Gasteiger partial charge in [0.1, 0.15) is 5.82 Å². The smallest absolute Gasteiger partial charge is 0.280 e. The summed E-state index contributed by atoms with van der Waals surface area (Å²) in [5.41, 5.74) is 1.90. The molecule has 0 aliphatic rings. The Morgan fingerprint density at radius 1 is 1.16 bits per heavy atom. The minimum absolute atomic E-state index is 0.209. The topological polar surface area (TPSA) is 52.4 Å². The molecule has 2 aromatic rings. The van der Waals surface area contributed by atoms with Gasteiger partial charge in [-0.2, -0.15) is 0 Å². The minimum atomic E-state index is -0.603. The number of unbranched alkanes of at least 4 members (excludes halogenated alkanes) is 1. The number of nitrogens with zero attached hydrogens (tertiary/aromatic N) is 1. The summed E-state index contributed by atoms with van der Waals surface area (Å²) >= 11 is 0. The van der Waals surface area contributed by atoms with Crippen molar-refractivity contribution in [3.63, 3.8) is 0 Å². The number of hydrogen-bond donors (Lipinski definition) is 0. The Morgan fingerprint density at radius 2 is 1.84 bits per heavy atom. The third-order valence-electron chi connectivity index (χ3n) is 3.48. The molecule has 0 heterocycles. The third kappa shape index (κ3) is 7.15. The highest BCUT2D eigenvalue weighted by molar-refractivity contribution is 6.48. The predicted octanol–water partition coefficient (Wildman–Crippen LogP) is 5.76. The first kappa shape index (κ1) is 21.0. The van der Waals surface area contributed by atoms with Crippen molar-refractivity contribution in [2.75, 3.05) is 6.61 Å². The van der Waals surface area contributed by atoms with Crippen LogP contribution in [0.2, 0.25) is 13.1 Å². The maximum absolute atomic E-state index is 13.0. The van der Waals surface area contributed by atoms with Crippen molar-refractivity contribution in [2.45, 2.75) is 39.8 Å². The molecule has 0 aliphatic heterocycles. The lowest BCUT2D eigenvalue weighted by Gasteiger charge is -2.06. The van der Waals surface area contributed by atoms with Gasteiger partial charge >= 0.3 is 0 Å². The van der Waals surface area contributed by atoms with Gasteiger partial charge in [0.05, 0.1) is 16.6 Å². The number of hydrogen-bond acceptors (Lipinski definition) is 3. The van der Waals surface area contributed by atoms with E-state index in [1.54, 1.807) is 12.1 Å². The van der Waals surface area contributed by atoms with Crippen molar-refractivity contribution in [3.05, 3.63) is 64.0 Å². The summed E-state index contributed by atoms with van der Waals surface area (Å²) in [5.74, 6) is -0.603. The fourth-order valence-corrected chi connectivity index (χ4v) is 2.73. The molecule has 0 atom stereocenters. The molecule has 25 heavy (non-hydrogen) atoms. The second-order valence-electron chi connectivity index (χ2n) is 5.84. The quantitative estimate of drug-likeness (QED) is 0.284. The number of halogens is 1. The van der Waals surface area contributed by atoms with Crippen LogP contribution in [0.5, 0.6) is 0 Å². The zero-order valence-electron chi connectivity index (χ0n) is 15.2. The minimum Gasteiger partial charge on any atom is -0.417 e. The van der Waals surface area contributed by atoms with Crippen LogP contribution in [0, 0.1) is 22.9 Å². The van der Waals surface area contributed by atoms with Crippen molar-refractivity contribution in [1.82, 2.24) is 0 Å². The summed E-state index contributed by atoms with van der Waals surface area (Å²) < 4.78 is 18.4. The summed E-state index contributed by atoms with van der Waals surface area (Å²) in [6, 6.07) is 10.9. The maximum Gasteiger partial charge on any atom is 0.280 e. The number of rotatable bonds is 6. The molecule has 0 spiro atoms. The van der Waals surface area contributed by atoms with Crippen LogP contribution in [-0.4, -0.2) is 20.6 Å². The lowest BCUT2D eigenvalue weighted by atomic mass is 9.99. The van der Waals surface area contributed by atoms with Crippen LogP contribution < -0.4 is 0 Å². The Morgan fingerprint density at radius 3 is 2.40 bits per heavy atom. The summed E-state index contributed by atoms with van der Waals surface area (Å²) in [7, 11) is -0.407. The van der Waals surface area contributed by atoms with Crippen molar-refractivity contribution >= 4 is 14.7 Å². The van der Waals surface area contributed by atoms with Crippen LogP contribution in [-0.2, 0) is 4.43 Å². The molecular weight excluding hydrogens is 337 g/mol. The van der Waals surface area contributed by atoms with Crippen molar-refractivity contribution in [3.8, 4) is 11.1 Å². The standard InChI is InChI=1S/C13H10FNO2.C6H15OSi/c1-9-4-2-3-5-11(9)12-7-6-10(14)8-13(12)15(16)17;1-4-5-6-7-8(2)3/h2-8H,1H3;4-6H2,1-3H3. The van der Waals surface area contributed by atoms with Gasteiger partial charge in [-0.15, -0.1) is 0 Å². The van der Waals surface area contributed by atoms with Crippen LogP contribution >= 0.6 is 0 Å². The molecule has 0 unspecified atom stereocenters. The van der Waals surface area contributed by atoms with Gasteiger partial charge in [0.25, 0.3) is 5.69 Å². The second-order valence-corrected chi connectivity index (χ2v) is 7.95. The molecule has 0 fully saturated rings. The van der Waals surface area contributed by atoms with Crippen molar-refractivity contribution in [2.24, 2.45) is 0 Å². The monoisotopic (exact) mass is 362 g/mol.